The molecule has 1 rings (SSSR count). The van der Waals surface area contributed by atoms with Gasteiger partial charge in [-0.25, -0.2) is 8.78 Å². The van der Waals surface area contributed by atoms with E-state index in [2.05, 4.69) is 0 Å². The van der Waals surface area contributed by atoms with E-state index in [4.69, 9.17) is 5.11 Å². The van der Waals surface area contributed by atoms with Gasteiger partial charge in [-0.05, 0) is 12.3 Å². The van der Waals surface area contributed by atoms with Gasteiger partial charge in [0, 0.05) is 13.1 Å². The number of hydrogen-bond donors (Lipinski definition) is 2. The van der Waals surface area contributed by atoms with Crippen LogP contribution in [0.2, 0.25) is 0 Å². The van der Waals surface area contributed by atoms with Crippen molar-refractivity contribution in [3.8, 4) is 0 Å². The first-order valence-corrected chi connectivity index (χ1v) is 6.41. The fraction of sp³-hybridized carbons (Fsp3) is 1.00. The van der Waals surface area contributed by atoms with Gasteiger partial charge in [-0.1, -0.05) is 25.7 Å². The van der Waals surface area contributed by atoms with Gasteiger partial charge in [-0.2, -0.15) is 0 Å². The van der Waals surface area contributed by atoms with Crippen LogP contribution < -0.4 is 0 Å². The molecule has 0 radical (unpaired) electrons. The predicted molar refractivity (Wildman–Crippen MR) is 62.1 cm³/mol. The van der Waals surface area contributed by atoms with Crippen LogP contribution in [0.1, 0.15) is 32.1 Å². The molecule has 0 aliphatic heterocycles. The van der Waals surface area contributed by atoms with E-state index in [0.717, 1.165) is 12.8 Å². The van der Waals surface area contributed by atoms with Crippen LogP contribution in [-0.2, 0) is 0 Å². The van der Waals surface area contributed by atoms with Gasteiger partial charge in [-0.3, -0.25) is 4.90 Å². The summed E-state index contributed by atoms with van der Waals surface area (Å²) in [7, 11) is 0. The van der Waals surface area contributed by atoms with E-state index in [9.17, 15) is 13.9 Å². The SMILES string of the molecule is OCCN(CC(F)F)CC(O)CC1CCCC1. The van der Waals surface area contributed by atoms with Gasteiger partial charge >= 0.3 is 0 Å². The van der Waals surface area contributed by atoms with Crippen LogP contribution in [0.15, 0.2) is 0 Å². The van der Waals surface area contributed by atoms with Crippen LogP contribution in [0.4, 0.5) is 8.78 Å². The van der Waals surface area contributed by atoms with Crippen molar-refractivity contribution in [2.75, 3.05) is 26.2 Å². The van der Waals surface area contributed by atoms with Crippen molar-refractivity contribution in [3.63, 3.8) is 0 Å². The van der Waals surface area contributed by atoms with Gasteiger partial charge in [0.25, 0.3) is 6.43 Å². The van der Waals surface area contributed by atoms with E-state index in [1.165, 1.54) is 17.7 Å². The van der Waals surface area contributed by atoms with E-state index < -0.39 is 12.5 Å². The Morgan fingerprint density at radius 2 is 1.82 bits per heavy atom. The topological polar surface area (TPSA) is 43.7 Å². The van der Waals surface area contributed by atoms with Gasteiger partial charge in [0.2, 0.25) is 0 Å². The maximum atomic E-state index is 12.3. The van der Waals surface area contributed by atoms with E-state index in [0.29, 0.717) is 12.3 Å². The molecule has 2 N–H and O–H groups in total. The quantitative estimate of drug-likeness (QED) is 0.687. The molecule has 1 aliphatic rings. The Bertz CT molecular complexity index is 199. The molecule has 0 aromatic heterocycles. The number of rotatable bonds is 8. The molecule has 1 aliphatic carbocycles. The highest BCUT2D eigenvalue weighted by Crippen LogP contribution is 2.28. The van der Waals surface area contributed by atoms with Gasteiger partial charge in [0.15, 0.2) is 0 Å². The van der Waals surface area contributed by atoms with Gasteiger partial charge in [-0.15, -0.1) is 0 Å². The van der Waals surface area contributed by atoms with Crippen molar-refractivity contribution < 1.29 is 19.0 Å². The Kier molecular flexibility index (Phi) is 6.92. The van der Waals surface area contributed by atoms with Crippen LogP contribution in [0, 0.1) is 5.92 Å². The number of alkyl halides is 2. The molecule has 1 atom stereocenters. The standard InChI is InChI=1S/C12H23F2NO2/c13-12(14)9-15(5-6-16)8-11(17)7-10-3-1-2-4-10/h10-12,16-17H,1-9H2. The Labute approximate surface area is 101 Å². The molecule has 102 valence electrons. The molecule has 1 saturated carbocycles. The maximum Gasteiger partial charge on any atom is 0.251 e. The molecule has 17 heavy (non-hydrogen) atoms. The Balaban J connectivity index is 2.26. The molecular weight excluding hydrogens is 228 g/mol. The summed E-state index contributed by atoms with van der Waals surface area (Å²) in [6, 6.07) is 0. The lowest BCUT2D eigenvalue weighted by Gasteiger charge is -2.25. The summed E-state index contributed by atoms with van der Waals surface area (Å²) in [5.41, 5.74) is 0. The first kappa shape index (κ1) is 14.8. The minimum absolute atomic E-state index is 0.150. The zero-order chi connectivity index (χ0) is 12.7. The highest BCUT2D eigenvalue weighted by molar-refractivity contribution is 4.73. The third-order valence-electron chi connectivity index (χ3n) is 3.36. The van der Waals surface area contributed by atoms with Crippen LogP contribution in [0.5, 0.6) is 0 Å². The lowest BCUT2D eigenvalue weighted by Crippen LogP contribution is -2.38. The van der Waals surface area contributed by atoms with Crippen molar-refractivity contribution >= 4 is 0 Å². The molecule has 0 aromatic rings. The maximum absolute atomic E-state index is 12.3. The second kappa shape index (κ2) is 7.95. The normalized spacial score (nSPS) is 19.4. The molecule has 3 nitrogen and oxygen atoms in total. The highest BCUT2D eigenvalue weighted by Gasteiger charge is 2.21. The average Bonchev–Trinajstić information content (AvgIpc) is 2.69. The molecule has 0 aromatic carbocycles. The highest BCUT2D eigenvalue weighted by atomic mass is 19.3. The van der Waals surface area contributed by atoms with Crippen molar-refractivity contribution in [1.82, 2.24) is 4.90 Å². The van der Waals surface area contributed by atoms with E-state index >= 15 is 0 Å². The van der Waals surface area contributed by atoms with Crippen molar-refractivity contribution in [1.29, 1.82) is 0 Å². The number of aliphatic hydroxyl groups excluding tert-OH is 2. The minimum atomic E-state index is -2.42. The van der Waals surface area contributed by atoms with Crippen LogP contribution in [-0.4, -0.2) is 53.9 Å². The summed E-state index contributed by atoms with van der Waals surface area (Å²) < 4.78 is 24.5. The average molecular weight is 251 g/mol. The largest absolute Gasteiger partial charge is 0.395 e. The molecule has 0 amide bonds. The summed E-state index contributed by atoms with van der Waals surface area (Å²) in [5.74, 6) is 0.549. The first-order valence-electron chi connectivity index (χ1n) is 6.41. The molecular formula is C12H23F2NO2. The molecule has 0 bridgehead atoms. The summed E-state index contributed by atoms with van der Waals surface area (Å²) in [4.78, 5) is 1.43. The second-order valence-electron chi connectivity index (χ2n) is 4.91. The van der Waals surface area contributed by atoms with Gasteiger partial charge in [0.05, 0.1) is 19.3 Å². The zero-order valence-corrected chi connectivity index (χ0v) is 10.2. The van der Waals surface area contributed by atoms with E-state index in [-0.39, 0.29) is 26.2 Å². The minimum Gasteiger partial charge on any atom is -0.395 e. The lowest BCUT2D eigenvalue weighted by atomic mass is 10.00. The molecule has 0 saturated heterocycles. The van der Waals surface area contributed by atoms with Crippen molar-refractivity contribution in [3.05, 3.63) is 0 Å². The van der Waals surface area contributed by atoms with Crippen LogP contribution in [0.3, 0.4) is 0 Å². The summed E-state index contributed by atoms with van der Waals surface area (Å²) >= 11 is 0. The van der Waals surface area contributed by atoms with Crippen LogP contribution in [0.25, 0.3) is 0 Å². The zero-order valence-electron chi connectivity index (χ0n) is 10.2. The second-order valence-corrected chi connectivity index (χ2v) is 4.91. The molecule has 5 heteroatoms. The lowest BCUT2D eigenvalue weighted by molar-refractivity contribution is 0.0390. The van der Waals surface area contributed by atoms with E-state index in [1.54, 1.807) is 0 Å². The predicted octanol–water partition coefficient (Wildman–Crippen LogP) is 1.49. The number of halogens is 2. The summed E-state index contributed by atoms with van der Waals surface area (Å²) in [6.07, 6.45) is 2.45. The Hall–Kier alpha value is -0.260. The van der Waals surface area contributed by atoms with Gasteiger partial charge in [0.1, 0.15) is 0 Å². The summed E-state index contributed by atoms with van der Waals surface area (Å²) in [6.45, 7) is -0.0847. The Morgan fingerprint density at radius 1 is 1.18 bits per heavy atom. The van der Waals surface area contributed by atoms with Crippen molar-refractivity contribution in [2.45, 2.75) is 44.6 Å². The summed E-state index contributed by atoms with van der Waals surface area (Å²) in [5, 5.41) is 18.6. The number of aliphatic hydroxyl groups is 2. The third kappa shape index (κ3) is 6.29. The molecule has 0 heterocycles. The third-order valence-corrected chi connectivity index (χ3v) is 3.36. The monoisotopic (exact) mass is 251 g/mol. The van der Waals surface area contributed by atoms with Crippen LogP contribution >= 0.6 is 0 Å². The number of nitrogens with zero attached hydrogens (tertiary/aromatic N) is 1. The smallest absolute Gasteiger partial charge is 0.251 e. The molecule has 0 spiro atoms. The number of hydrogen-bond acceptors (Lipinski definition) is 3. The molecule has 1 unspecified atom stereocenters. The first-order chi connectivity index (χ1) is 8.11. The Morgan fingerprint density at radius 3 is 2.35 bits per heavy atom. The fourth-order valence-electron chi connectivity index (χ4n) is 2.60. The van der Waals surface area contributed by atoms with Gasteiger partial charge < -0.3 is 10.2 Å². The fourth-order valence-corrected chi connectivity index (χ4v) is 2.60. The molecule has 1 fully saturated rings. The van der Waals surface area contributed by atoms with E-state index in [1.807, 2.05) is 0 Å². The van der Waals surface area contributed by atoms with Crippen molar-refractivity contribution in [2.24, 2.45) is 5.92 Å².